The highest BCUT2D eigenvalue weighted by Crippen LogP contribution is 2.12. The first kappa shape index (κ1) is 16.4. The summed E-state index contributed by atoms with van der Waals surface area (Å²) in [6, 6.07) is 6.24. The van der Waals surface area contributed by atoms with Gasteiger partial charge >= 0.3 is 0 Å². The molecule has 0 saturated heterocycles. The summed E-state index contributed by atoms with van der Waals surface area (Å²) < 4.78 is 26.6. The van der Waals surface area contributed by atoms with Gasteiger partial charge in [0.1, 0.15) is 4.99 Å². The largest absolute Gasteiger partial charge is 0.389 e. The van der Waals surface area contributed by atoms with Crippen molar-refractivity contribution in [1.29, 1.82) is 0 Å². The molecule has 1 unspecified atom stereocenters. The smallest absolute Gasteiger partial charge is 0.240 e. The van der Waals surface area contributed by atoms with Gasteiger partial charge in [-0.15, -0.1) is 0 Å². The van der Waals surface area contributed by atoms with Gasteiger partial charge in [0, 0.05) is 17.4 Å². The number of hydrogen-bond donors (Lipinski definition) is 2. The van der Waals surface area contributed by atoms with Gasteiger partial charge < -0.3 is 5.73 Å². The summed E-state index contributed by atoms with van der Waals surface area (Å²) in [5.41, 5.74) is 6.12. The number of sulfonamides is 1. The normalized spacial score (nSPS) is 13.2. The van der Waals surface area contributed by atoms with Crippen LogP contribution in [0.1, 0.15) is 18.9 Å². The van der Waals surface area contributed by atoms with Gasteiger partial charge in [-0.1, -0.05) is 31.3 Å². The molecule has 106 valence electrons. The minimum Gasteiger partial charge on any atom is -0.389 e. The Morgan fingerprint density at radius 2 is 2.00 bits per heavy atom. The van der Waals surface area contributed by atoms with E-state index in [0.717, 1.165) is 6.42 Å². The molecule has 1 aromatic carbocycles. The van der Waals surface area contributed by atoms with Crippen molar-refractivity contribution in [3.63, 3.8) is 0 Å². The molecular formula is C12H18N2O2S3. The maximum atomic E-state index is 12.0. The summed E-state index contributed by atoms with van der Waals surface area (Å²) in [7, 11) is -3.45. The van der Waals surface area contributed by atoms with Crippen molar-refractivity contribution >= 4 is 39.0 Å². The summed E-state index contributed by atoms with van der Waals surface area (Å²) >= 11 is 6.53. The first-order valence-electron chi connectivity index (χ1n) is 5.79. The lowest BCUT2D eigenvalue weighted by molar-refractivity contribution is 0.579. The summed E-state index contributed by atoms with van der Waals surface area (Å²) in [5, 5.41) is 0.430. The molecule has 1 rings (SSSR count). The van der Waals surface area contributed by atoms with Crippen LogP contribution in [-0.2, 0) is 10.0 Å². The number of benzene rings is 1. The Hall–Kier alpha value is -0.630. The molecule has 0 aliphatic heterocycles. The molecule has 4 nitrogen and oxygen atoms in total. The van der Waals surface area contributed by atoms with Crippen molar-refractivity contribution in [2.45, 2.75) is 23.5 Å². The molecule has 3 N–H and O–H groups in total. The zero-order valence-electron chi connectivity index (χ0n) is 10.9. The van der Waals surface area contributed by atoms with Crippen molar-refractivity contribution in [2.75, 3.05) is 12.8 Å². The lowest BCUT2D eigenvalue weighted by Crippen LogP contribution is -2.26. The van der Waals surface area contributed by atoms with Crippen LogP contribution in [0.2, 0.25) is 0 Å². The molecule has 19 heavy (non-hydrogen) atoms. The van der Waals surface area contributed by atoms with Gasteiger partial charge in [-0.2, -0.15) is 11.8 Å². The molecule has 1 aromatic rings. The molecule has 0 saturated carbocycles. The van der Waals surface area contributed by atoms with E-state index < -0.39 is 10.0 Å². The second-order valence-electron chi connectivity index (χ2n) is 4.12. The third-order valence-electron chi connectivity index (χ3n) is 2.69. The average molecular weight is 318 g/mol. The highest BCUT2D eigenvalue weighted by molar-refractivity contribution is 7.99. The molecule has 0 radical (unpaired) electrons. The summed E-state index contributed by atoms with van der Waals surface area (Å²) in [6.07, 6.45) is 2.80. The van der Waals surface area contributed by atoms with Crippen LogP contribution < -0.4 is 10.5 Å². The molecule has 0 amide bonds. The highest BCUT2D eigenvalue weighted by atomic mass is 32.2. The fourth-order valence-corrected chi connectivity index (χ4v) is 2.93. The number of hydrogen-bond acceptors (Lipinski definition) is 4. The van der Waals surface area contributed by atoms with Gasteiger partial charge in [0.2, 0.25) is 10.0 Å². The number of nitrogens with two attached hydrogens (primary N) is 1. The lowest BCUT2D eigenvalue weighted by atomic mass is 10.2. The van der Waals surface area contributed by atoms with Gasteiger partial charge in [0.25, 0.3) is 0 Å². The van der Waals surface area contributed by atoms with Crippen LogP contribution in [0.15, 0.2) is 29.2 Å². The zero-order valence-corrected chi connectivity index (χ0v) is 13.4. The third kappa shape index (κ3) is 5.10. The first-order valence-corrected chi connectivity index (χ1v) is 8.97. The first-order chi connectivity index (χ1) is 8.86. The van der Waals surface area contributed by atoms with E-state index in [1.165, 1.54) is 12.1 Å². The molecule has 0 aliphatic rings. The van der Waals surface area contributed by atoms with E-state index in [0.29, 0.717) is 17.4 Å². The van der Waals surface area contributed by atoms with Gasteiger partial charge in [-0.25, -0.2) is 13.1 Å². The predicted molar refractivity (Wildman–Crippen MR) is 85.1 cm³/mol. The predicted octanol–water partition coefficient (Wildman–Crippen LogP) is 1.74. The minimum atomic E-state index is -3.45. The van der Waals surface area contributed by atoms with E-state index in [1.807, 2.05) is 6.26 Å². The van der Waals surface area contributed by atoms with E-state index in [4.69, 9.17) is 18.0 Å². The van der Waals surface area contributed by atoms with Crippen molar-refractivity contribution in [3.8, 4) is 0 Å². The molecular weight excluding hydrogens is 300 g/mol. The van der Waals surface area contributed by atoms with Crippen LogP contribution in [0, 0.1) is 0 Å². The summed E-state index contributed by atoms with van der Waals surface area (Å²) in [4.78, 5) is 0.481. The van der Waals surface area contributed by atoms with Crippen LogP contribution in [-0.4, -0.2) is 31.5 Å². The maximum Gasteiger partial charge on any atom is 0.240 e. The Labute approximate surface area is 124 Å². The molecule has 0 heterocycles. The van der Waals surface area contributed by atoms with Crippen LogP contribution in [0.3, 0.4) is 0 Å². The van der Waals surface area contributed by atoms with Crippen molar-refractivity contribution < 1.29 is 8.42 Å². The zero-order chi connectivity index (χ0) is 14.5. The summed E-state index contributed by atoms with van der Waals surface area (Å²) in [5.74, 6) is 0. The topological polar surface area (TPSA) is 72.2 Å². The number of rotatable bonds is 7. The van der Waals surface area contributed by atoms with Crippen molar-refractivity contribution in [3.05, 3.63) is 29.8 Å². The monoisotopic (exact) mass is 318 g/mol. The van der Waals surface area contributed by atoms with E-state index in [-0.39, 0.29) is 9.88 Å². The van der Waals surface area contributed by atoms with Crippen molar-refractivity contribution in [2.24, 2.45) is 5.73 Å². The second-order valence-corrected chi connectivity index (χ2v) is 7.60. The van der Waals surface area contributed by atoms with Gasteiger partial charge in [0.15, 0.2) is 0 Å². The number of thiocarbonyl (C=S) groups is 1. The Morgan fingerprint density at radius 3 is 2.47 bits per heavy atom. The highest BCUT2D eigenvalue weighted by Gasteiger charge is 2.13. The Morgan fingerprint density at radius 1 is 1.42 bits per heavy atom. The van der Waals surface area contributed by atoms with Crippen LogP contribution in [0.25, 0.3) is 0 Å². The van der Waals surface area contributed by atoms with Crippen LogP contribution in [0.5, 0.6) is 0 Å². The quantitative estimate of drug-likeness (QED) is 0.749. The SMILES string of the molecule is CSC(C)CCNS(=O)(=O)c1ccc(C(N)=S)cc1. The van der Waals surface area contributed by atoms with Gasteiger partial charge in [0.05, 0.1) is 4.90 Å². The number of nitrogens with one attached hydrogen (secondary N) is 1. The summed E-state index contributed by atoms with van der Waals surface area (Å²) in [6.45, 7) is 2.50. The van der Waals surface area contributed by atoms with Crippen LogP contribution in [0.4, 0.5) is 0 Å². The van der Waals surface area contributed by atoms with Gasteiger partial charge in [-0.05, 0) is 24.8 Å². The third-order valence-corrected chi connectivity index (χ3v) is 5.45. The number of thioether (sulfide) groups is 1. The minimum absolute atomic E-state index is 0.226. The molecule has 0 aliphatic carbocycles. The standard InChI is InChI=1S/C12H18N2O2S3/c1-9(18-2)7-8-14-19(15,16)11-5-3-10(4-6-11)12(13)17/h3-6,9,14H,7-8H2,1-2H3,(H2,13,17). The van der Waals surface area contributed by atoms with E-state index in [2.05, 4.69) is 11.6 Å². The Kier molecular flexibility index (Phi) is 6.25. The Balaban J connectivity index is 2.69. The lowest BCUT2D eigenvalue weighted by Gasteiger charge is -2.10. The molecule has 7 heteroatoms. The molecule has 0 spiro atoms. The molecule has 1 atom stereocenters. The maximum absolute atomic E-state index is 12.0. The van der Waals surface area contributed by atoms with E-state index >= 15 is 0 Å². The van der Waals surface area contributed by atoms with Crippen LogP contribution >= 0.6 is 24.0 Å². The van der Waals surface area contributed by atoms with Gasteiger partial charge in [-0.3, -0.25) is 0 Å². The fourth-order valence-electron chi connectivity index (χ4n) is 1.40. The molecule has 0 aromatic heterocycles. The van der Waals surface area contributed by atoms with E-state index in [9.17, 15) is 8.42 Å². The average Bonchev–Trinajstić information content (AvgIpc) is 2.38. The van der Waals surface area contributed by atoms with Crippen molar-refractivity contribution in [1.82, 2.24) is 4.72 Å². The molecule has 0 bridgehead atoms. The molecule has 0 fully saturated rings. The second kappa shape index (κ2) is 7.23. The fraction of sp³-hybridized carbons (Fsp3) is 0.417. The Bertz CT molecular complexity index is 526. The van der Waals surface area contributed by atoms with E-state index in [1.54, 1.807) is 23.9 Å².